The third-order valence-corrected chi connectivity index (χ3v) is 4.97. The summed E-state index contributed by atoms with van der Waals surface area (Å²) in [6, 6.07) is 9.80. The Morgan fingerprint density at radius 3 is 2.77 bits per heavy atom. The first-order chi connectivity index (χ1) is 14.6. The monoisotopic (exact) mass is 442 g/mol. The van der Waals surface area contributed by atoms with Crippen LogP contribution in [0.25, 0.3) is 11.5 Å². The number of carbonyl (C=O) groups excluding carboxylic acids is 2. The second kappa shape index (κ2) is 8.93. The Morgan fingerprint density at radius 2 is 2.00 bits per heavy atom. The minimum absolute atomic E-state index is 0.124. The van der Waals surface area contributed by atoms with Crippen LogP contribution >= 0.6 is 22.9 Å². The van der Waals surface area contributed by atoms with E-state index in [0.717, 1.165) is 5.56 Å². The minimum atomic E-state index is -0.454. The summed E-state index contributed by atoms with van der Waals surface area (Å²) in [7, 11) is 0. The Balaban J connectivity index is 1.39. The van der Waals surface area contributed by atoms with E-state index < -0.39 is 5.91 Å². The van der Waals surface area contributed by atoms with Gasteiger partial charge in [-0.2, -0.15) is 11.3 Å². The largest absolute Gasteiger partial charge is 0.459 e. The maximum atomic E-state index is 12.4. The number of benzene rings is 1. The Labute approximate surface area is 179 Å². The average Bonchev–Trinajstić information content (AvgIpc) is 3.49. The quantitative estimate of drug-likeness (QED) is 0.422. The number of furan rings is 1. The van der Waals surface area contributed by atoms with E-state index in [0.29, 0.717) is 28.2 Å². The number of aromatic nitrogens is 2. The Kier molecular flexibility index (Phi) is 5.92. The highest BCUT2D eigenvalue weighted by molar-refractivity contribution is 7.08. The van der Waals surface area contributed by atoms with Crippen molar-refractivity contribution in [1.82, 2.24) is 10.2 Å². The van der Waals surface area contributed by atoms with E-state index in [-0.39, 0.29) is 24.5 Å². The van der Waals surface area contributed by atoms with Crippen LogP contribution in [0.15, 0.2) is 62.3 Å². The molecule has 0 unspecified atom stereocenters. The lowest BCUT2D eigenvalue weighted by Gasteiger charge is -2.12. The van der Waals surface area contributed by atoms with Crippen molar-refractivity contribution >= 4 is 46.1 Å². The standard InChI is InChI=1S/C20H15ClN4O4S/c21-13-3-4-14(15(10-13)23-19(27)16-2-1-8-28-16)22-17(26)5-6-18-24-25-20(29-18)12-7-9-30-11-12/h1-4,7-11H,5-6H2,(H,22,26)(H,23,27). The molecule has 2 amide bonds. The normalized spacial score (nSPS) is 10.7. The second-order valence-corrected chi connectivity index (χ2v) is 7.40. The molecular formula is C20H15ClN4O4S. The van der Waals surface area contributed by atoms with Crippen molar-refractivity contribution in [3.63, 3.8) is 0 Å². The van der Waals surface area contributed by atoms with Crippen molar-refractivity contribution in [2.45, 2.75) is 12.8 Å². The van der Waals surface area contributed by atoms with Crippen LogP contribution in [0, 0.1) is 0 Å². The van der Waals surface area contributed by atoms with Crippen LogP contribution < -0.4 is 10.6 Å². The number of thiophene rings is 1. The zero-order chi connectivity index (χ0) is 20.9. The molecule has 3 aromatic heterocycles. The number of hydrogen-bond acceptors (Lipinski definition) is 7. The third kappa shape index (κ3) is 4.76. The molecule has 0 atom stereocenters. The molecule has 0 saturated carbocycles. The third-order valence-electron chi connectivity index (χ3n) is 4.05. The lowest BCUT2D eigenvalue weighted by molar-refractivity contribution is -0.116. The van der Waals surface area contributed by atoms with Gasteiger partial charge in [0.25, 0.3) is 5.91 Å². The molecule has 0 bridgehead atoms. The van der Waals surface area contributed by atoms with Gasteiger partial charge in [-0.3, -0.25) is 9.59 Å². The predicted octanol–water partition coefficient (Wildman–Crippen LogP) is 4.87. The predicted molar refractivity (Wildman–Crippen MR) is 113 cm³/mol. The highest BCUT2D eigenvalue weighted by Crippen LogP contribution is 2.27. The minimum Gasteiger partial charge on any atom is -0.459 e. The fourth-order valence-corrected chi connectivity index (χ4v) is 3.41. The zero-order valence-electron chi connectivity index (χ0n) is 15.4. The van der Waals surface area contributed by atoms with Gasteiger partial charge in [0.2, 0.25) is 17.7 Å². The van der Waals surface area contributed by atoms with Gasteiger partial charge in [0.05, 0.1) is 17.6 Å². The molecule has 1 aromatic carbocycles. The molecule has 0 fully saturated rings. The molecule has 0 spiro atoms. The molecule has 4 rings (SSSR count). The summed E-state index contributed by atoms with van der Waals surface area (Å²) in [4.78, 5) is 24.7. The van der Waals surface area contributed by atoms with Crippen LogP contribution in [0.3, 0.4) is 0 Å². The smallest absolute Gasteiger partial charge is 0.291 e. The van der Waals surface area contributed by atoms with Crippen molar-refractivity contribution in [2.75, 3.05) is 10.6 Å². The topological polar surface area (TPSA) is 110 Å². The second-order valence-electron chi connectivity index (χ2n) is 6.18. The fourth-order valence-electron chi connectivity index (χ4n) is 2.61. The highest BCUT2D eigenvalue weighted by atomic mass is 35.5. The zero-order valence-corrected chi connectivity index (χ0v) is 17.0. The van der Waals surface area contributed by atoms with Gasteiger partial charge in [0, 0.05) is 28.8 Å². The lowest BCUT2D eigenvalue weighted by atomic mass is 10.2. The van der Waals surface area contributed by atoms with Crippen molar-refractivity contribution in [2.24, 2.45) is 0 Å². The summed E-state index contributed by atoms with van der Waals surface area (Å²) in [5.74, 6) is 0.205. The number of halogens is 1. The Morgan fingerprint density at radius 1 is 1.10 bits per heavy atom. The number of anilines is 2. The van der Waals surface area contributed by atoms with E-state index in [1.165, 1.54) is 23.7 Å². The molecule has 0 aliphatic carbocycles. The van der Waals surface area contributed by atoms with E-state index in [1.807, 2.05) is 16.8 Å². The molecule has 2 N–H and O–H groups in total. The lowest BCUT2D eigenvalue weighted by Crippen LogP contribution is -2.16. The maximum absolute atomic E-state index is 12.4. The molecular weight excluding hydrogens is 428 g/mol. The number of carbonyl (C=O) groups is 2. The van der Waals surface area contributed by atoms with Gasteiger partial charge >= 0.3 is 0 Å². The van der Waals surface area contributed by atoms with Crippen molar-refractivity contribution in [3.05, 3.63) is 70.1 Å². The van der Waals surface area contributed by atoms with Crippen LogP contribution in [0.1, 0.15) is 22.9 Å². The van der Waals surface area contributed by atoms with E-state index in [9.17, 15) is 9.59 Å². The maximum Gasteiger partial charge on any atom is 0.291 e. The molecule has 3 heterocycles. The number of nitrogens with one attached hydrogen (secondary N) is 2. The Hall–Kier alpha value is -3.43. The summed E-state index contributed by atoms with van der Waals surface area (Å²) in [6.07, 6.45) is 1.81. The molecule has 0 saturated heterocycles. The number of hydrogen-bond donors (Lipinski definition) is 2. The fraction of sp³-hybridized carbons (Fsp3) is 0.100. The SMILES string of the molecule is O=C(CCc1nnc(-c2ccsc2)o1)Nc1ccc(Cl)cc1NC(=O)c1ccco1. The molecule has 8 nitrogen and oxygen atoms in total. The summed E-state index contributed by atoms with van der Waals surface area (Å²) < 4.78 is 10.7. The van der Waals surface area contributed by atoms with Gasteiger partial charge in [-0.1, -0.05) is 11.6 Å². The first-order valence-corrected chi connectivity index (χ1v) is 10.2. The number of rotatable bonds is 7. The molecule has 30 heavy (non-hydrogen) atoms. The van der Waals surface area contributed by atoms with E-state index in [1.54, 1.807) is 24.3 Å². The van der Waals surface area contributed by atoms with E-state index in [2.05, 4.69) is 20.8 Å². The Bertz CT molecular complexity index is 1160. The highest BCUT2D eigenvalue weighted by Gasteiger charge is 2.15. The average molecular weight is 443 g/mol. The molecule has 4 aromatic rings. The summed E-state index contributed by atoms with van der Waals surface area (Å²) >= 11 is 7.56. The van der Waals surface area contributed by atoms with Crippen LogP contribution in [0.4, 0.5) is 11.4 Å². The summed E-state index contributed by atoms with van der Waals surface area (Å²) in [5.41, 5.74) is 1.62. The van der Waals surface area contributed by atoms with Crippen LogP contribution in [-0.2, 0) is 11.2 Å². The van der Waals surface area contributed by atoms with E-state index >= 15 is 0 Å². The van der Waals surface area contributed by atoms with Crippen molar-refractivity contribution in [1.29, 1.82) is 0 Å². The summed E-state index contributed by atoms with van der Waals surface area (Å²) in [5, 5.41) is 17.6. The van der Waals surface area contributed by atoms with Gasteiger partial charge in [-0.15, -0.1) is 10.2 Å². The van der Waals surface area contributed by atoms with Crippen LogP contribution in [-0.4, -0.2) is 22.0 Å². The van der Waals surface area contributed by atoms with Gasteiger partial charge in [0.15, 0.2) is 5.76 Å². The number of amides is 2. The van der Waals surface area contributed by atoms with Gasteiger partial charge in [-0.25, -0.2) is 0 Å². The molecule has 0 radical (unpaired) electrons. The number of nitrogens with zero attached hydrogens (tertiary/aromatic N) is 2. The van der Waals surface area contributed by atoms with Crippen molar-refractivity contribution < 1.29 is 18.4 Å². The number of aryl methyl sites for hydroxylation is 1. The first kappa shape index (κ1) is 19.9. The van der Waals surface area contributed by atoms with Crippen LogP contribution in [0.2, 0.25) is 5.02 Å². The van der Waals surface area contributed by atoms with Gasteiger partial charge in [-0.05, 0) is 41.8 Å². The van der Waals surface area contributed by atoms with Crippen molar-refractivity contribution in [3.8, 4) is 11.5 Å². The summed E-state index contributed by atoms with van der Waals surface area (Å²) in [6.45, 7) is 0. The van der Waals surface area contributed by atoms with E-state index in [4.69, 9.17) is 20.4 Å². The first-order valence-electron chi connectivity index (χ1n) is 8.88. The van der Waals surface area contributed by atoms with Crippen LogP contribution in [0.5, 0.6) is 0 Å². The molecule has 152 valence electrons. The molecule has 10 heteroatoms. The molecule has 0 aliphatic rings. The van der Waals surface area contributed by atoms with Gasteiger partial charge < -0.3 is 19.5 Å². The van der Waals surface area contributed by atoms with Gasteiger partial charge in [0.1, 0.15) is 0 Å². The molecule has 0 aliphatic heterocycles.